The molecule has 1 aromatic rings. The van der Waals surface area contributed by atoms with Crippen molar-refractivity contribution < 1.29 is 0 Å². The van der Waals surface area contributed by atoms with Gasteiger partial charge in [0.25, 0.3) is 0 Å². The fourth-order valence-electron chi connectivity index (χ4n) is 2.18. The molecular weight excluding hydrogens is 210 g/mol. The summed E-state index contributed by atoms with van der Waals surface area (Å²) in [6.07, 6.45) is 5.50. The lowest BCUT2D eigenvalue weighted by Crippen LogP contribution is -2.24. The van der Waals surface area contributed by atoms with Gasteiger partial charge >= 0.3 is 0 Å². The Morgan fingerprint density at radius 2 is 1.94 bits per heavy atom. The van der Waals surface area contributed by atoms with Crippen LogP contribution in [0.2, 0.25) is 0 Å². The largest absolute Gasteiger partial charge is 0.309 e. The molecule has 0 aliphatic carbocycles. The third kappa shape index (κ3) is 4.43. The van der Waals surface area contributed by atoms with Crippen molar-refractivity contribution in [1.82, 2.24) is 15.3 Å². The predicted octanol–water partition coefficient (Wildman–Crippen LogP) is 3.26. The Labute approximate surface area is 105 Å². The smallest absolute Gasteiger partial charge is 0.125 e. The maximum Gasteiger partial charge on any atom is 0.125 e. The monoisotopic (exact) mass is 235 g/mol. The first-order chi connectivity index (χ1) is 8.21. The summed E-state index contributed by atoms with van der Waals surface area (Å²) in [4.78, 5) is 8.70. The van der Waals surface area contributed by atoms with Crippen LogP contribution in [0, 0.1) is 12.8 Å². The minimum atomic E-state index is 0.367. The SMILES string of the molecule is CCNC(CC(CC)CC)c1ccnc(C)n1. The van der Waals surface area contributed by atoms with Crippen molar-refractivity contribution >= 4 is 0 Å². The van der Waals surface area contributed by atoms with Crippen LogP contribution >= 0.6 is 0 Å². The van der Waals surface area contributed by atoms with E-state index in [-0.39, 0.29) is 0 Å². The summed E-state index contributed by atoms with van der Waals surface area (Å²) in [5.41, 5.74) is 1.13. The fourth-order valence-corrected chi connectivity index (χ4v) is 2.18. The quantitative estimate of drug-likeness (QED) is 0.788. The minimum absolute atomic E-state index is 0.367. The lowest BCUT2D eigenvalue weighted by Gasteiger charge is -2.22. The molecule has 17 heavy (non-hydrogen) atoms. The van der Waals surface area contributed by atoms with Crippen LogP contribution < -0.4 is 5.32 Å². The van der Waals surface area contributed by atoms with Crippen molar-refractivity contribution in [3.05, 3.63) is 23.8 Å². The highest BCUT2D eigenvalue weighted by atomic mass is 15.0. The average molecular weight is 235 g/mol. The summed E-state index contributed by atoms with van der Waals surface area (Å²) < 4.78 is 0. The number of hydrogen-bond donors (Lipinski definition) is 1. The van der Waals surface area contributed by atoms with Crippen LogP contribution in [0.15, 0.2) is 12.3 Å². The highest BCUT2D eigenvalue weighted by molar-refractivity contribution is 5.07. The van der Waals surface area contributed by atoms with Crippen molar-refractivity contribution in [2.45, 2.75) is 53.0 Å². The van der Waals surface area contributed by atoms with Crippen LogP contribution in [0.3, 0.4) is 0 Å². The van der Waals surface area contributed by atoms with E-state index in [1.165, 1.54) is 12.8 Å². The summed E-state index contributed by atoms with van der Waals surface area (Å²) in [6, 6.07) is 2.40. The highest BCUT2D eigenvalue weighted by Gasteiger charge is 2.16. The van der Waals surface area contributed by atoms with Gasteiger partial charge in [0, 0.05) is 12.2 Å². The Bertz CT molecular complexity index is 321. The molecule has 3 heteroatoms. The summed E-state index contributed by atoms with van der Waals surface area (Å²) in [6.45, 7) is 9.61. The molecule has 3 nitrogen and oxygen atoms in total. The van der Waals surface area contributed by atoms with Crippen molar-refractivity contribution in [3.63, 3.8) is 0 Å². The summed E-state index contributed by atoms with van der Waals surface area (Å²) >= 11 is 0. The van der Waals surface area contributed by atoms with E-state index in [1.54, 1.807) is 0 Å². The highest BCUT2D eigenvalue weighted by Crippen LogP contribution is 2.23. The van der Waals surface area contributed by atoms with Crippen molar-refractivity contribution in [1.29, 1.82) is 0 Å². The minimum Gasteiger partial charge on any atom is -0.309 e. The molecule has 0 aliphatic rings. The van der Waals surface area contributed by atoms with E-state index in [2.05, 4.69) is 36.1 Å². The topological polar surface area (TPSA) is 37.8 Å². The maximum atomic E-state index is 4.54. The fraction of sp³-hybridized carbons (Fsp3) is 0.714. The first-order valence-corrected chi connectivity index (χ1v) is 6.74. The van der Waals surface area contributed by atoms with Crippen molar-refractivity contribution in [3.8, 4) is 0 Å². The Balaban J connectivity index is 2.77. The van der Waals surface area contributed by atoms with Gasteiger partial charge in [-0.1, -0.05) is 33.6 Å². The number of aryl methyl sites for hydroxylation is 1. The third-order valence-electron chi connectivity index (χ3n) is 3.33. The Morgan fingerprint density at radius 1 is 1.24 bits per heavy atom. The molecule has 1 heterocycles. The Hall–Kier alpha value is -0.960. The second kappa shape index (κ2) is 7.38. The van der Waals surface area contributed by atoms with E-state index in [9.17, 15) is 0 Å². The summed E-state index contributed by atoms with van der Waals surface area (Å²) in [5, 5.41) is 3.53. The van der Waals surface area contributed by atoms with Gasteiger partial charge in [0.1, 0.15) is 5.82 Å². The summed E-state index contributed by atoms with van der Waals surface area (Å²) in [7, 11) is 0. The van der Waals surface area contributed by atoms with E-state index in [0.29, 0.717) is 6.04 Å². The molecule has 0 saturated carbocycles. The van der Waals surface area contributed by atoms with E-state index in [1.807, 2.05) is 19.2 Å². The number of rotatable bonds is 7. The molecule has 1 aromatic heterocycles. The zero-order valence-corrected chi connectivity index (χ0v) is 11.5. The molecule has 0 bridgehead atoms. The van der Waals surface area contributed by atoms with Crippen LogP contribution in [-0.4, -0.2) is 16.5 Å². The van der Waals surface area contributed by atoms with Crippen LogP contribution in [-0.2, 0) is 0 Å². The molecule has 1 atom stereocenters. The molecule has 0 radical (unpaired) electrons. The summed E-state index contributed by atoms with van der Waals surface area (Å²) in [5.74, 6) is 1.63. The van der Waals surface area contributed by atoms with Gasteiger partial charge in [0.05, 0.1) is 5.69 Å². The van der Waals surface area contributed by atoms with Crippen LogP contribution in [0.5, 0.6) is 0 Å². The molecule has 0 aromatic carbocycles. The lowest BCUT2D eigenvalue weighted by atomic mass is 9.93. The van der Waals surface area contributed by atoms with Crippen molar-refractivity contribution in [2.24, 2.45) is 5.92 Å². The molecule has 96 valence electrons. The molecule has 0 fully saturated rings. The van der Waals surface area contributed by atoms with Gasteiger partial charge in [-0.3, -0.25) is 0 Å². The molecule has 0 saturated heterocycles. The normalized spacial score (nSPS) is 13.0. The average Bonchev–Trinajstić information content (AvgIpc) is 2.34. The first-order valence-electron chi connectivity index (χ1n) is 6.74. The van der Waals surface area contributed by atoms with E-state index in [0.717, 1.165) is 30.4 Å². The number of nitrogens with one attached hydrogen (secondary N) is 1. The molecular formula is C14H25N3. The van der Waals surface area contributed by atoms with Crippen molar-refractivity contribution in [2.75, 3.05) is 6.54 Å². The number of hydrogen-bond acceptors (Lipinski definition) is 3. The van der Waals surface area contributed by atoms with Gasteiger partial charge in [0.2, 0.25) is 0 Å². The van der Waals surface area contributed by atoms with Gasteiger partial charge in [-0.05, 0) is 31.9 Å². The molecule has 1 unspecified atom stereocenters. The molecule has 0 spiro atoms. The second-order valence-corrected chi connectivity index (χ2v) is 4.56. The van der Waals surface area contributed by atoms with Crippen LogP contribution in [0.4, 0.5) is 0 Å². The lowest BCUT2D eigenvalue weighted by molar-refractivity contribution is 0.370. The molecule has 0 amide bonds. The molecule has 1 N–H and O–H groups in total. The molecule has 1 rings (SSSR count). The van der Waals surface area contributed by atoms with E-state index in [4.69, 9.17) is 0 Å². The van der Waals surface area contributed by atoms with Crippen LogP contribution in [0.1, 0.15) is 57.6 Å². The zero-order valence-electron chi connectivity index (χ0n) is 11.5. The van der Waals surface area contributed by atoms with Gasteiger partial charge < -0.3 is 5.32 Å². The predicted molar refractivity (Wildman–Crippen MR) is 71.9 cm³/mol. The zero-order chi connectivity index (χ0) is 12.7. The van der Waals surface area contributed by atoms with Gasteiger partial charge in [0.15, 0.2) is 0 Å². The third-order valence-corrected chi connectivity index (χ3v) is 3.33. The van der Waals surface area contributed by atoms with E-state index < -0.39 is 0 Å². The maximum absolute atomic E-state index is 4.54. The van der Waals surface area contributed by atoms with Gasteiger partial charge in [-0.2, -0.15) is 0 Å². The standard InChI is InChI=1S/C14H25N3/c1-5-12(6-2)10-14(15-7-3)13-8-9-16-11(4)17-13/h8-9,12,14-15H,5-7,10H2,1-4H3. The number of nitrogens with zero attached hydrogens (tertiary/aromatic N) is 2. The Morgan fingerprint density at radius 3 is 2.47 bits per heavy atom. The van der Waals surface area contributed by atoms with Gasteiger partial charge in [-0.25, -0.2) is 9.97 Å². The van der Waals surface area contributed by atoms with Crippen LogP contribution in [0.25, 0.3) is 0 Å². The van der Waals surface area contributed by atoms with E-state index >= 15 is 0 Å². The Kier molecular flexibility index (Phi) is 6.12. The second-order valence-electron chi connectivity index (χ2n) is 4.56. The van der Waals surface area contributed by atoms with Gasteiger partial charge in [-0.15, -0.1) is 0 Å². The molecule has 0 aliphatic heterocycles. The first kappa shape index (κ1) is 14.1. The number of aromatic nitrogens is 2.